The number of hydrogen-bond donors (Lipinski definition) is 4. The predicted octanol–water partition coefficient (Wildman–Crippen LogP) is 2.98. The Labute approximate surface area is 198 Å². The minimum atomic E-state index is -3.98. The van der Waals surface area contributed by atoms with E-state index in [0.717, 1.165) is 0 Å². The van der Waals surface area contributed by atoms with E-state index in [-0.39, 0.29) is 21.8 Å². The van der Waals surface area contributed by atoms with Crippen molar-refractivity contribution in [2.75, 3.05) is 10.0 Å². The number of esters is 1. The zero-order chi connectivity index (χ0) is 25.2. The molecule has 0 saturated carbocycles. The van der Waals surface area contributed by atoms with Crippen molar-refractivity contribution < 1.29 is 27.1 Å². The maximum absolute atomic E-state index is 13.7. The van der Waals surface area contributed by atoms with Gasteiger partial charge < -0.3 is 20.0 Å². The average molecular weight is 498 g/mol. The van der Waals surface area contributed by atoms with Crippen molar-refractivity contribution >= 4 is 44.3 Å². The topological polar surface area (TPSA) is 150 Å². The molecule has 0 aliphatic rings. The number of hydrogen-bond acceptors (Lipinski definition) is 6. The summed E-state index contributed by atoms with van der Waals surface area (Å²) in [5.74, 6) is -2.16. The summed E-state index contributed by atoms with van der Waals surface area (Å²) < 4.78 is 46.6. The number of sulfonamides is 1. The van der Waals surface area contributed by atoms with Crippen molar-refractivity contribution in [3.63, 3.8) is 0 Å². The maximum Gasteiger partial charge on any atom is 0.338 e. The van der Waals surface area contributed by atoms with E-state index >= 15 is 0 Å². The number of aromatic amines is 2. The van der Waals surface area contributed by atoms with Gasteiger partial charge in [0.05, 0.1) is 27.2 Å². The van der Waals surface area contributed by atoms with Gasteiger partial charge in [0, 0.05) is 5.69 Å². The quantitative estimate of drug-likeness (QED) is 0.288. The number of ether oxygens (including phenoxy) is 1. The number of carbonyl (C=O) groups is 2. The molecule has 3 aromatic carbocycles. The minimum Gasteiger partial charge on any atom is -0.449 e. The largest absolute Gasteiger partial charge is 0.449 e. The van der Waals surface area contributed by atoms with Gasteiger partial charge in [0.25, 0.3) is 15.9 Å². The number of amides is 1. The third-order valence-electron chi connectivity index (χ3n) is 4.96. The second-order valence-corrected chi connectivity index (χ2v) is 9.17. The fourth-order valence-electron chi connectivity index (χ4n) is 3.15. The van der Waals surface area contributed by atoms with Crippen LogP contribution in [0.5, 0.6) is 0 Å². The van der Waals surface area contributed by atoms with E-state index in [9.17, 15) is 27.2 Å². The molecule has 4 N–H and O–H groups in total. The first-order valence-electron chi connectivity index (χ1n) is 10.2. The molecule has 180 valence electrons. The second kappa shape index (κ2) is 9.43. The van der Waals surface area contributed by atoms with E-state index in [1.807, 2.05) is 0 Å². The molecule has 35 heavy (non-hydrogen) atoms. The lowest BCUT2D eigenvalue weighted by atomic mass is 10.2. The van der Waals surface area contributed by atoms with E-state index in [4.69, 9.17) is 4.74 Å². The number of carbonyl (C=O) groups excluding carboxylic acids is 2. The smallest absolute Gasteiger partial charge is 0.338 e. The number of rotatable bonds is 7. The third-order valence-corrected chi connectivity index (χ3v) is 6.33. The van der Waals surface area contributed by atoms with Crippen LogP contribution in [0.1, 0.15) is 17.3 Å². The summed E-state index contributed by atoms with van der Waals surface area (Å²) in [6, 6.07) is 15.1. The molecule has 1 aromatic heterocycles. The Bertz CT molecular complexity index is 1580. The maximum atomic E-state index is 13.7. The molecule has 1 unspecified atom stereocenters. The number of fused-ring (bicyclic) bond motifs is 1. The average Bonchev–Trinajstić information content (AvgIpc) is 3.20. The lowest BCUT2D eigenvalue weighted by Gasteiger charge is -2.14. The molecule has 1 amide bonds. The molecule has 12 heteroatoms. The van der Waals surface area contributed by atoms with Gasteiger partial charge in [-0.05, 0) is 61.5 Å². The molecule has 0 aliphatic heterocycles. The van der Waals surface area contributed by atoms with Crippen molar-refractivity contribution in [1.29, 1.82) is 0 Å². The van der Waals surface area contributed by atoms with Gasteiger partial charge in [0.2, 0.25) is 0 Å². The molecule has 0 fully saturated rings. The van der Waals surface area contributed by atoms with Gasteiger partial charge in [-0.2, -0.15) is 0 Å². The molecule has 4 aromatic rings. The lowest BCUT2D eigenvalue weighted by Crippen LogP contribution is -2.30. The zero-order valence-electron chi connectivity index (χ0n) is 18.2. The molecule has 1 heterocycles. The molecule has 0 radical (unpaired) electrons. The first-order chi connectivity index (χ1) is 16.6. The normalized spacial score (nSPS) is 12.2. The number of imidazole rings is 1. The summed E-state index contributed by atoms with van der Waals surface area (Å²) in [5, 5.41) is 2.34. The first kappa shape index (κ1) is 23.7. The van der Waals surface area contributed by atoms with Gasteiger partial charge in [-0.1, -0.05) is 12.1 Å². The Balaban J connectivity index is 1.40. The molecule has 10 nitrogen and oxygen atoms in total. The Kier molecular flexibility index (Phi) is 6.38. The van der Waals surface area contributed by atoms with Crippen molar-refractivity contribution in [1.82, 2.24) is 9.97 Å². The van der Waals surface area contributed by atoms with Gasteiger partial charge in [-0.3, -0.25) is 9.52 Å². The summed E-state index contributed by atoms with van der Waals surface area (Å²) in [5.41, 5.74) is 0.556. The molecule has 0 saturated heterocycles. The van der Waals surface area contributed by atoms with E-state index in [1.54, 1.807) is 6.07 Å². The Morgan fingerprint density at radius 2 is 1.66 bits per heavy atom. The Morgan fingerprint density at radius 3 is 2.37 bits per heavy atom. The lowest BCUT2D eigenvalue weighted by molar-refractivity contribution is -0.123. The minimum absolute atomic E-state index is 0.0425. The SMILES string of the molecule is CC(OC(=O)c1ccc(NS(=O)(=O)c2ccc3[nH]c(=O)[nH]c3c2)cc1)C(=O)Nc1ccccc1F. The van der Waals surface area contributed by atoms with E-state index in [2.05, 4.69) is 20.0 Å². The molecule has 1 atom stereocenters. The zero-order valence-corrected chi connectivity index (χ0v) is 19.0. The third kappa shape index (κ3) is 5.38. The molecular formula is C23H19FN4O6S. The Morgan fingerprint density at radius 1 is 0.971 bits per heavy atom. The van der Waals surface area contributed by atoms with Crippen LogP contribution in [-0.4, -0.2) is 36.4 Å². The highest BCUT2D eigenvalue weighted by Crippen LogP contribution is 2.20. The van der Waals surface area contributed by atoms with Crippen molar-refractivity contribution in [2.45, 2.75) is 17.9 Å². The highest BCUT2D eigenvalue weighted by atomic mass is 32.2. The molecule has 4 rings (SSSR count). The molecule has 0 aliphatic carbocycles. The van der Waals surface area contributed by atoms with Gasteiger partial charge in [-0.15, -0.1) is 0 Å². The Hall–Kier alpha value is -4.45. The number of halogens is 1. The van der Waals surface area contributed by atoms with Crippen LogP contribution in [0.2, 0.25) is 0 Å². The van der Waals surface area contributed by atoms with Gasteiger partial charge >= 0.3 is 11.7 Å². The van der Waals surface area contributed by atoms with Gasteiger partial charge in [-0.25, -0.2) is 22.4 Å². The number of H-pyrrole nitrogens is 2. The first-order valence-corrected chi connectivity index (χ1v) is 11.7. The predicted molar refractivity (Wildman–Crippen MR) is 126 cm³/mol. The molecule has 0 spiro atoms. The second-order valence-electron chi connectivity index (χ2n) is 7.49. The van der Waals surface area contributed by atoms with Crippen molar-refractivity contribution in [3.8, 4) is 0 Å². The van der Waals surface area contributed by atoms with Crippen LogP contribution in [0.25, 0.3) is 11.0 Å². The number of para-hydroxylation sites is 1. The van der Waals surface area contributed by atoms with Crippen LogP contribution in [0, 0.1) is 5.82 Å². The van der Waals surface area contributed by atoms with Crippen molar-refractivity contribution in [2.24, 2.45) is 0 Å². The molecule has 0 bridgehead atoms. The van der Waals surface area contributed by atoms with Crippen LogP contribution < -0.4 is 15.7 Å². The fraction of sp³-hybridized carbons (Fsp3) is 0.0870. The standard InChI is InChI=1S/C23H19FN4O6S/c1-13(21(29)25-18-5-3-2-4-17(18)24)34-22(30)14-6-8-15(9-7-14)28-35(32,33)16-10-11-19-20(12-16)27-23(31)26-19/h2-13,28H,1H3,(H,25,29)(H2,26,27,31). The van der Waals surface area contributed by atoms with Crippen LogP contribution in [0.4, 0.5) is 15.8 Å². The van der Waals surface area contributed by atoms with Crippen LogP contribution in [0.15, 0.2) is 76.4 Å². The highest BCUT2D eigenvalue weighted by molar-refractivity contribution is 7.92. The monoisotopic (exact) mass is 498 g/mol. The van der Waals surface area contributed by atoms with Crippen LogP contribution >= 0.6 is 0 Å². The van der Waals surface area contributed by atoms with Crippen molar-refractivity contribution in [3.05, 3.63) is 88.6 Å². The summed E-state index contributed by atoms with van der Waals surface area (Å²) >= 11 is 0. The summed E-state index contributed by atoms with van der Waals surface area (Å²) in [6.45, 7) is 1.34. The summed E-state index contributed by atoms with van der Waals surface area (Å²) in [6.07, 6.45) is -1.21. The van der Waals surface area contributed by atoms with E-state index < -0.39 is 39.5 Å². The number of aromatic nitrogens is 2. The van der Waals surface area contributed by atoms with Gasteiger partial charge in [0.1, 0.15) is 5.82 Å². The van der Waals surface area contributed by atoms with Gasteiger partial charge in [0.15, 0.2) is 6.10 Å². The summed E-state index contributed by atoms with van der Waals surface area (Å²) in [4.78, 5) is 40.9. The fourth-order valence-corrected chi connectivity index (χ4v) is 4.23. The number of benzene rings is 3. The molecular weight excluding hydrogens is 479 g/mol. The van der Waals surface area contributed by atoms with Crippen LogP contribution in [-0.2, 0) is 19.6 Å². The van der Waals surface area contributed by atoms with Crippen LogP contribution in [0.3, 0.4) is 0 Å². The number of nitrogens with one attached hydrogen (secondary N) is 4. The highest BCUT2D eigenvalue weighted by Gasteiger charge is 2.21. The summed E-state index contributed by atoms with van der Waals surface area (Å²) in [7, 11) is -3.98. The van der Waals surface area contributed by atoms with E-state index in [0.29, 0.717) is 11.0 Å². The number of anilines is 2. The van der Waals surface area contributed by atoms with E-state index in [1.165, 1.54) is 67.6 Å².